The highest BCUT2D eigenvalue weighted by molar-refractivity contribution is 5.88. The molecule has 2 aromatic rings. The van der Waals surface area contributed by atoms with Gasteiger partial charge in [-0.25, -0.2) is 0 Å². The summed E-state index contributed by atoms with van der Waals surface area (Å²) in [6, 6.07) is 14.0. The van der Waals surface area contributed by atoms with E-state index in [1.165, 1.54) is 0 Å². The lowest BCUT2D eigenvalue weighted by Crippen LogP contribution is -2.29. The van der Waals surface area contributed by atoms with Crippen molar-refractivity contribution in [1.82, 2.24) is 5.32 Å². The van der Waals surface area contributed by atoms with Crippen molar-refractivity contribution < 1.29 is 9.84 Å². The number of fused-ring (bicyclic) bond motifs is 1. The fraction of sp³-hybridized carbons (Fsp3) is 0.267. The van der Waals surface area contributed by atoms with Gasteiger partial charge in [-0.15, -0.1) is 0 Å². The van der Waals surface area contributed by atoms with E-state index >= 15 is 0 Å². The Kier molecular flexibility index (Phi) is 4.56. The van der Waals surface area contributed by atoms with E-state index in [4.69, 9.17) is 4.74 Å². The van der Waals surface area contributed by atoms with Crippen LogP contribution in [0.25, 0.3) is 10.8 Å². The maximum Gasteiger partial charge on any atom is 0.127 e. The van der Waals surface area contributed by atoms with E-state index in [-0.39, 0.29) is 6.61 Å². The van der Waals surface area contributed by atoms with Crippen LogP contribution in [0.3, 0.4) is 0 Å². The zero-order valence-electron chi connectivity index (χ0n) is 10.5. The van der Waals surface area contributed by atoms with Gasteiger partial charge in [0, 0.05) is 18.5 Å². The molecule has 0 heterocycles. The number of rotatable bonds is 6. The van der Waals surface area contributed by atoms with E-state index in [1.54, 1.807) is 6.54 Å². The summed E-state index contributed by atoms with van der Waals surface area (Å²) in [5, 5.41) is 14.9. The number of ether oxygens (including phenoxy) is 1. The molecular weight excluding hydrogens is 226 g/mol. The van der Waals surface area contributed by atoms with Crippen molar-refractivity contribution in [3.63, 3.8) is 0 Å². The van der Waals surface area contributed by atoms with Crippen LogP contribution < -0.4 is 10.1 Å². The summed E-state index contributed by atoms with van der Waals surface area (Å²) in [6.07, 6.45) is -0.514. The minimum Gasteiger partial charge on any atom is -0.490 e. The quantitative estimate of drug-likeness (QED) is 0.819. The SMILES string of the molecule is C[CH]NCC(O)COc1cccc2ccccc12. The summed E-state index contributed by atoms with van der Waals surface area (Å²) in [5.74, 6) is 0.813. The van der Waals surface area contributed by atoms with E-state index in [0.29, 0.717) is 6.54 Å². The molecule has 1 unspecified atom stereocenters. The van der Waals surface area contributed by atoms with Gasteiger partial charge in [0.2, 0.25) is 0 Å². The third-order valence-electron chi connectivity index (χ3n) is 2.74. The fourth-order valence-electron chi connectivity index (χ4n) is 1.82. The van der Waals surface area contributed by atoms with Crippen molar-refractivity contribution >= 4 is 10.8 Å². The first-order valence-corrected chi connectivity index (χ1v) is 6.11. The molecule has 0 amide bonds. The van der Waals surface area contributed by atoms with Gasteiger partial charge in [-0.3, -0.25) is 0 Å². The van der Waals surface area contributed by atoms with Crippen LogP contribution >= 0.6 is 0 Å². The Morgan fingerprint density at radius 2 is 2.00 bits per heavy atom. The minimum atomic E-state index is -0.514. The first-order valence-electron chi connectivity index (χ1n) is 6.11. The van der Waals surface area contributed by atoms with Gasteiger partial charge in [0.05, 0.1) is 0 Å². The summed E-state index contributed by atoms with van der Waals surface area (Å²) < 4.78 is 5.67. The Morgan fingerprint density at radius 1 is 1.22 bits per heavy atom. The monoisotopic (exact) mass is 244 g/mol. The van der Waals surface area contributed by atoms with Crippen LogP contribution in [0, 0.1) is 6.54 Å². The van der Waals surface area contributed by atoms with Crippen LogP contribution in [-0.4, -0.2) is 24.4 Å². The van der Waals surface area contributed by atoms with Crippen LogP contribution in [0.1, 0.15) is 6.92 Å². The second-order valence-electron chi connectivity index (χ2n) is 4.14. The first kappa shape index (κ1) is 12.9. The van der Waals surface area contributed by atoms with Gasteiger partial charge >= 0.3 is 0 Å². The highest BCUT2D eigenvalue weighted by Crippen LogP contribution is 2.25. The summed E-state index contributed by atoms with van der Waals surface area (Å²) in [7, 11) is 0. The number of hydrogen-bond acceptors (Lipinski definition) is 3. The van der Waals surface area contributed by atoms with Crippen molar-refractivity contribution in [3.8, 4) is 5.75 Å². The van der Waals surface area contributed by atoms with Gasteiger partial charge in [-0.1, -0.05) is 36.4 Å². The largest absolute Gasteiger partial charge is 0.490 e. The Morgan fingerprint density at radius 3 is 2.83 bits per heavy atom. The molecule has 1 atom stereocenters. The van der Waals surface area contributed by atoms with Gasteiger partial charge in [-0.2, -0.15) is 0 Å². The van der Waals surface area contributed by atoms with Crippen LogP contribution in [0.5, 0.6) is 5.75 Å². The lowest BCUT2D eigenvalue weighted by atomic mass is 10.1. The van der Waals surface area contributed by atoms with E-state index < -0.39 is 6.10 Å². The molecule has 95 valence electrons. The summed E-state index contributed by atoms with van der Waals surface area (Å²) in [5.41, 5.74) is 0. The molecule has 3 heteroatoms. The smallest absolute Gasteiger partial charge is 0.127 e. The lowest BCUT2D eigenvalue weighted by molar-refractivity contribution is 0.109. The fourth-order valence-corrected chi connectivity index (χ4v) is 1.82. The molecule has 0 bridgehead atoms. The molecule has 1 radical (unpaired) electrons. The summed E-state index contributed by atoms with van der Waals surface area (Å²) in [6.45, 7) is 4.48. The predicted molar refractivity (Wildman–Crippen MR) is 73.4 cm³/mol. The summed E-state index contributed by atoms with van der Waals surface area (Å²) >= 11 is 0. The molecule has 2 aromatic carbocycles. The highest BCUT2D eigenvalue weighted by Gasteiger charge is 2.06. The van der Waals surface area contributed by atoms with Crippen LogP contribution in [-0.2, 0) is 0 Å². The maximum absolute atomic E-state index is 9.71. The highest BCUT2D eigenvalue weighted by atomic mass is 16.5. The number of benzene rings is 2. The standard InChI is InChI=1S/C15H18NO2/c1-2-16-10-13(17)11-18-15-9-5-7-12-6-3-4-8-14(12)15/h2-9,13,16-17H,10-11H2,1H3. The summed E-state index contributed by atoms with van der Waals surface area (Å²) in [4.78, 5) is 0. The van der Waals surface area contributed by atoms with E-state index in [9.17, 15) is 5.11 Å². The van der Waals surface area contributed by atoms with Crippen molar-refractivity contribution in [2.45, 2.75) is 13.0 Å². The molecule has 0 saturated heterocycles. The molecule has 18 heavy (non-hydrogen) atoms. The molecule has 0 fully saturated rings. The Bertz CT molecular complexity index is 493. The minimum absolute atomic E-state index is 0.287. The molecule has 2 rings (SSSR count). The third kappa shape index (κ3) is 3.22. The van der Waals surface area contributed by atoms with Crippen molar-refractivity contribution in [1.29, 1.82) is 0 Å². The molecular formula is C15H18NO2. The molecule has 0 aromatic heterocycles. The van der Waals surface area contributed by atoms with Gasteiger partial charge in [-0.05, 0) is 18.4 Å². The normalized spacial score (nSPS) is 12.6. The average molecular weight is 244 g/mol. The Hall–Kier alpha value is -1.58. The van der Waals surface area contributed by atoms with Crippen molar-refractivity contribution in [3.05, 3.63) is 49.0 Å². The van der Waals surface area contributed by atoms with Gasteiger partial charge < -0.3 is 15.2 Å². The molecule has 0 spiro atoms. The first-order chi connectivity index (χ1) is 8.81. The predicted octanol–water partition coefficient (Wildman–Crippen LogP) is 2.35. The van der Waals surface area contributed by atoms with Crippen LogP contribution in [0.15, 0.2) is 42.5 Å². The molecule has 3 nitrogen and oxygen atoms in total. The van der Waals surface area contributed by atoms with Crippen molar-refractivity contribution in [2.75, 3.05) is 13.2 Å². The number of hydrogen-bond donors (Lipinski definition) is 2. The van der Waals surface area contributed by atoms with E-state index in [0.717, 1.165) is 16.5 Å². The average Bonchev–Trinajstić information content (AvgIpc) is 2.42. The molecule has 2 N–H and O–H groups in total. The van der Waals surface area contributed by atoms with Crippen molar-refractivity contribution in [2.24, 2.45) is 0 Å². The second-order valence-corrected chi connectivity index (χ2v) is 4.14. The van der Waals surface area contributed by atoms with Crippen LogP contribution in [0.2, 0.25) is 0 Å². The maximum atomic E-state index is 9.71. The second kappa shape index (κ2) is 6.38. The lowest BCUT2D eigenvalue weighted by Gasteiger charge is -2.13. The number of aliphatic hydroxyl groups is 1. The zero-order chi connectivity index (χ0) is 12.8. The topological polar surface area (TPSA) is 41.5 Å². The van der Waals surface area contributed by atoms with Gasteiger partial charge in [0.15, 0.2) is 0 Å². The van der Waals surface area contributed by atoms with Crippen LogP contribution in [0.4, 0.5) is 0 Å². The van der Waals surface area contributed by atoms with Gasteiger partial charge in [0.25, 0.3) is 0 Å². The van der Waals surface area contributed by atoms with E-state index in [1.807, 2.05) is 49.4 Å². The van der Waals surface area contributed by atoms with E-state index in [2.05, 4.69) is 5.32 Å². The Balaban J connectivity index is 2.03. The molecule has 0 saturated carbocycles. The zero-order valence-corrected chi connectivity index (χ0v) is 10.5. The molecule has 0 aliphatic heterocycles. The number of nitrogens with one attached hydrogen (secondary N) is 1. The third-order valence-corrected chi connectivity index (χ3v) is 2.74. The Labute approximate surface area is 107 Å². The molecule has 0 aliphatic rings. The molecule has 0 aliphatic carbocycles. The number of aliphatic hydroxyl groups excluding tert-OH is 1. The van der Waals surface area contributed by atoms with Gasteiger partial charge in [0.1, 0.15) is 18.5 Å².